The summed E-state index contributed by atoms with van der Waals surface area (Å²) < 4.78 is 0. The van der Waals surface area contributed by atoms with Gasteiger partial charge in [0, 0.05) is 27.9 Å². The Balaban J connectivity index is 2.69. The van der Waals surface area contributed by atoms with Crippen LogP contribution in [0.4, 0.5) is 0 Å². The molecule has 3 nitrogen and oxygen atoms in total. The van der Waals surface area contributed by atoms with E-state index < -0.39 is 0 Å². The van der Waals surface area contributed by atoms with Gasteiger partial charge < -0.3 is 11.1 Å². The number of halogens is 2. The van der Waals surface area contributed by atoms with Gasteiger partial charge in [-0.25, -0.2) is 0 Å². The number of nitrogens with one attached hydrogen (secondary N) is 1. The lowest BCUT2D eigenvalue weighted by Crippen LogP contribution is -2.25. The van der Waals surface area contributed by atoms with Crippen molar-refractivity contribution < 1.29 is 4.79 Å². The largest absolute Gasteiger partial charge is 0.402 e. The Labute approximate surface area is 111 Å². The molecule has 0 aliphatic rings. The standard InChI is InChI=1S/C12H14Cl2N2O/c1-7(8(2)15)12(17)16-6-9-3-4-10(13)5-11(9)14/h3-5H,6,15H2,1-2H3,(H,16,17)/b8-7-. The van der Waals surface area contributed by atoms with Crippen LogP contribution < -0.4 is 11.1 Å². The van der Waals surface area contributed by atoms with Gasteiger partial charge >= 0.3 is 0 Å². The second-order valence-corrected chi connectivity index (χ2v) is 4.57. The molecule has 5 heteroatoms. The summed E-state index contributed by atoms with van der Waals surface area (Å²) in [6.45, 7) is 3.71. The van der Waals surface area contributed by atoms with Gasteiger partial charge in [-0.2, -0.15) is 0 Å². The van der Waals surface area contributed by atoms with Crippen molar-refractivity contribution in [1.29, 1.82) is 0 Å². The molecule has 0 aliphatic carbocycles. The van der Waals surface area contributed by atoms with E-state index in [0.29, 0.717) is 27.9 Å². The number of hydrogen-bond donors (Lipinski definition) is 2. The van der Waals surface area contributed by atoms with E-state index >= 15 is 0 Å². The quantitative estimate of drug-likeness (QED) is 0.832. The minimum absolute atomic E-state index is 0.198. The summed E-state index contributed by atoms with van der Waals surface area (Å²) in [6.07, 6.45) is 0. The Kier molecular flexibility index (Phi) is 4.85. The van der Waals surface area contributed by atoms with Crippen LogP contribution in [0.15, 0.2) is 29.5 Å². The second kappa shape index (κ2) is 5.94. The molecule has 0 unspecified atom stereocenters. The summed E-state index contributed by atoms with van der Waals surface area (Å²) in [4.78, 5) is 11.6. The Morgan fingerprint density at radius 3 is 2.53 bits per heavy atom. The van der Waals surface area contributed by atoms with Gasteiger partial charge in [-0.05, 0) is 31.5 Å². The molecule has 17 heavy (non-hydrogen) atoms. The molecule has 1 aromatic rings. The van der Waals surface area contributed by atoms with Crippen molar-refractivity contribution in [2.24, 2.45) is 5.73 Å². The maximum atomic E-state index is 11.6. The summed E-state index contributed by atoms with van der Waals surface area (Å²) >= 11 is 11.8. The highest BCUT2D eigenvalue weighted by molar-refractivity contribution is 6.35. The lowest BCUT2D eigenvalue weighted by Gasteiger charge is -2.08. The number of rotatable bonds is 3. The van der Waals surface area contributed by atoms with Crippen molar-refractivity contribution in [2.75, 3.05) is 0 Å². The van der Waals surface area contributed by atoms with Crippen LogP contribution in [0.25, 0.3) is 0 Å². The molecule has 0 saturated carbocycles. The summed E-state index contributed by atoms with van der Waals surface area (Å²) in [6, 6.07) is 5.15. The van der Waals surface area contributed by atoms with Gasteiger partial charge in [0.2, 0.25) is 5.91 Å². The van der Waals surface area contributed by atoms with E-state index in [2.05, 4.69) is 5.32 Å². The highest BCUT2D eigenvalue weighted by atomic mass is 35.5. The molecule has 0 radical (unpaired) electrons. The van der Waals surface area contributed by atoms with Crippen LogP contribution in [-0.2, 0) is 11.3 Å². The van der Waals surface area contributed by atoms with E-state index in [1.165, 1.54) is 0 Å². The van der Waals surface area contributed by atoms with Gasteiger partial charge in [-0.1, -0.05) is 29.3 Å². The topological polar surface area (TPSA) is 55.1 Å². The molecule has 0 heterocycles. The average Bonchev–Trinajstić information content (AvgIpc) is 2.26. The number of nitrogens with two attached hydrogens (primary N) is 1. The Morgan fingerprint density at radius 2 is 2.00 bits per heavy atom. The van der Waals surface area contributed by atoms with Crippen molar-refractivity contribution in [3.8, 4) is 0 Å². The molecule has 1 rings (SSSR count). The fourth-order valence-electron chi connectivity index (χ4n) is 1.15. The molecule has 0 saturated heterocycles. The van der Waals surface area contributed by atoms with Gasteiger partial charge in [0.15, 0.2) is 0 Å². The van der Waals surface area contributed by atoms with Crippen molar-refractivity contribution in [1.82, 2.24) is 5.32 Å². The van der Waals surface area contributed by atoms with Crippen molar-refractivity contribution in [2.45, 2.75) is 20.4 Å². The number of benzene rings is 1. The maximum Gasteiger partial charge on any atom is 0.248 e. The van der Waals surface area contributed by atoms with E-state index in [1.807, 2.05) is 0 Å². The van der Waals surface area contributed by atoms with E-state index in [1.54, 1.807) is 32.0 Å². The van der Waals surface area contributed by atoms with Crippen LogP contribution in [0.5, 0.6) is 0 Å². The van der Waals surface area contributed by atoms with Crippen LogP contribution in [0.2, 0.25) is 10.0 Å². The zero-order valence-electron chi connectivity index (χ0n) is 9.68. The fourth-order valence-corrected chi connectivity index (χ4v) is 1.63. The monoisotopic (exact) mass is 272 g/mol. The number of hydrogen-bond acceptors (Lipinski definition) is 2. The van der Waals surface area contributed by atoms with E-state index in [4.69, 9.17) is 28.9 Å². The lowest BCUT2D eigenvalue weighted by atomic mass is 10.2. The number of allylic oxidation sites excluding steroid dienone is 1. The Morgan fingerprint density at radius 1 is 1.35 bits per heavy atom. The van der Waals surface area contributed by atoms with Crippen molar-refractivity contribution in [3.63, 3.8) is 0 Å². The van der Waals surface area contributed by atoms with Gasteiger partial charge in [0.1, 0.15) is 0 Å². The van der Waals surface area contributed by atoms with Crippen LogP contribution in [0, 0.1) is 0 Å². The molecule has 1 amide bonds. The third kappa shape index (κ3) is 3.95. The summed E-state index contributed by atoms with van der Waals surface area (Å²) in [7, 11) is 0. The predicted molar refractivity (Wildman–Crippen MR) is 70.9 cm³/mol. The summed E-state index contributed by atoms with van der Waals surface area (Å²) in [5, 5.41) is 3.84. The number of carbonyl (C=O) groups is 1. The normalized spacial score (nSPS) is 12.0. The minimum Gasteiger partial charge on any atom is -0.402 e. The fraction of sp³-hybridized carbons (Fsp3) is 0.250. The molecule has 0 spiro atoms. The molecule has 92 valence electrons. The van der Waals surface area contributed by atoms with Crippen LogP contribution in [0.3, 0.4) is 0 Å². The molecule has 0 atom stereocenters. The number of carbonyl (C=O) groups excluding carboxylic acids is 1. The van der Waals surface area contributed by atoms with E-state index in [9.17, 15) is 4.79 Å². The highest BCUT2D eigenvalue weighted by Crippen LogP contribution is 2.20. The van der Waals surface area contributed by atoms with Gasteiger partial charge in [0.05, 0.1) is 0 Å². The maximum absolute atomic E-state index is 11.6. The SMILES string of the molecule is C/C(N)=C(\C)C(=O)NCc1ccc(Cl)cc1Cl. The van der Waals surface area contributed by atoms with E-state index in [0.717, 1.165) is 5.56 Å². The zero-order chi connectivity index (χ0) is 13.0. The smallest absolute Gasteiger partial charge is 0.248 e. The lowest BCUT2D eigenvalue weighted by molar-refractivity contribution is -0.117. The van der Waals surface area contributed by atoms with Crippen LogP contribution in [0.1, 0.15) is 19.4 Å². The molecule has 0 fully saturated rings. The molecule has 0 bridgehead atoms. The van der Waals surface area contributed by atoms with Gasteiger partial charge in [0.25, 0.3) is 0 Å². The van der Waals surface area contributed by atoms with Crippen LogP contribution in [-0.4, -0.2) is 5.91 Å². The third-order valence-electron chi connectivity index (χ3n) is 2.39. The molecule has 0 aromatic heterocycles. The summed E-state index contributed by atoms with van der Waals surface area (Å²) in [5.74, 6) is -0.198. The highest BCUT2D eigenvalue weighted by Gasteiger charge is 2.07. The first-order valence-corrected chi connectivity index (χ1v) is 5.82. The van der Waals surface area contributed by atoms with E-state index in [-0.39, 0.29) is 5.91 Å². The first-order valence-electron chi connectivity index (χ1n) is 5.07. The zero-order valence-corrected chi connectivity index (χ0v) is 11.2. The van der Waals surface area contributed by atoms with Crippen molar-refractivity contribution >= 4 is 29.1 Å². The minimum atomic E-state index is -0.198. The van der Waals surface area contributed by atoms with Gasteiger partial charge in [-0.3, -0.25) is 4.79 Å². The molecule has 3 N–H and O–H groups in total. The molecular formula is C12H14Cl2N2O. The first kappa shape index (κ1) is 13.9. The second-order valence-electron chi connectivity index (χ2n) is 3.73. The Hall–Kier alpha value is -1.19. The average molecular weight is 273 g/mol. The molecule has 0 aliphatic heterocycles. The number of amides is 1. The third-order valence-corrected chi connectivity index (χ3v) is 2.97. The summed E-state index contributed by atoms with van der Waals surface area (Å²) in [5.41, 5.74) is 7.36. The predicted octanol–water partition coefficient (Wildman–Crippen LogP) is 2.86. The van der Waals surface area contributed by atoms with Crippen molar-refractivity contribution in [3.05, 3.63) is 45.1 Å². The van der Waals surface area contributed by atoms with Crippen LogP contribution >= 0.6 is 23.2 Å². The first-order chi connectivity index (χ1) is 7.91. The molecule has 1 aromatic carbocycles. The Bertz CT molecular complexity index is 466. The van der Waals surface area contributed by atoms with Gasteiger partial charge in [-0.15, -0.1) is 0 Å². The molecular weight excluding hydrogens is 259 g/mol.